The van der Waals surface area contributed by atoms with E-state index < -0.39 is 6.04 Å². The molecule has 200 valence electrons. The van der Waals surface area contributed by atoms with Crippen molar-refractivity contribution in [3.05, 3.63) is 130 Å². The third kappa shape index (κ3) is 7.62. The van der Waals surface area contributed by atoms with E-state index in [1.807, 2.05) is 91.0 Å². The molecule has 7 heteroatoms. The van der Waals surface area contributed by atoms with Crippen LogP contribution in [-0.2, 0) is 29.1 Å². The van der Waals surface area contributed by atoms with Crippen molar-refractivity contribution in [1.82, 2.24) is 10.2 Å². The van der Waals surface area contributed by atoms with Crippen LogP contribution in [0.15, 0.2) is 103 Å². The number of amides is 2. The summed E-state index contributed by atoms with van der Waals surface area (Å²) in [5, 5.41) is 3.63. The molecule has 0 bridgehead atoms. The van der Waals surface area contributed by atoms with Crippen molar-refractivity contribution >= 4 is 23.4 Å². The van der Waals surface area contributed by atoms with Gasteiger partial charge in [0.25, 0.3) is 0 Å². The lowest BCUT2D eigenvalue weighted by Crippen LogP contribution is -2.43. The summed E-state index contributed by atoms with van der Waals surface area (Å²) in [5.74, 6) is 1.01. The average Bonchev–Trinajstić information content (AvgIpc) is 2.98. The molecule has 0 heterocycles. The van der Waals surface area contributed by atoms with Gasteiger partial charge < -0.3 is 19.7 Å². The van der Waals surface area contributed by atoms with Crippen molar-refractivity contribution in [1.29, 1.82) is 0 Å². The molecule has 1 atom stereocenters. The lowest BCUT2D eigenvalue weighted by Gasteiger charge is -2.32. The minimum atomic E-state index is -0.841. The van der Waals surface area contributed by atoms with Gasteiger partial charge in [-0.2, -0.15) is 0 Å². The molecular weight excluding hydrogens is 512 g/mol. The third-order valence-corrected chi connectivity index (χ3v) is 6.65. The molecule has 0 unspecified atom stereocenters. The molecule has 0 saturated heterocycles. The molecule has 0 aliphatic heterocycles. The normalized spacial score (nSPS) is 11.4. The Hall–Kier alpha value is -4.29. The van der Waals surface area contributed by atoms with Gasteiger partial charge in [0, 0.05) is 18.1 Å². The number of nitrogens with zero attached hydrogens (tertiary/aromatic N) is 1. The highest BCUT2D eigenvalue weighted by atomic mass is 35.5. The van der Waals surface area contributed by atoms with Gasteiger partial charge in [-0.1, -0.05) is 78.3 Å². The van der Waals surface area contributed by atoms with E-state index in [9.17, 15) is 9.59 Å². The molecule has 0 spiro atoms. The highest BCUT2D eigenvalue weighted by molar-refractivity contribution is 6.30. The molecule has 0 aliphatic carbocycles. The topological polar surface area (TPSA) is 67.9 Å². The molecule has 1 N–H and O–H groups in total. The van der Waals surface area contributed by atoms with E-state index in [2.05, 4.69) is 5.32 Å². The molecule has 4 aromatic carbocycles. The van der Waals surface area contributed by atoms with Crippen LogP contribution in [0.1, 0.15) is 28.3 Å². The Kier molecular flexibility index (Phi) is 9.59. The number of hydrogen-bond donors (Lipinski definition) is 1. The molecular formula is C32H31ClN2O4. The van der Waals surface area contributed by atoms with Gasteiger partial charge in [-0.05, 0) is 58.7 Å². The number of benzene rings is 4. The summed E-state index contributed by atoms with van der Waals surface area (Å²) in [7, 11) is 3.22. The van der Waals surface area contributed by atoms with Crippen molar-refractivity contribution < 1.29 is 19.1 Å². The maximum Gasteiger partial charge on any atom is 0.247 e. The second-order valence-electron chi connectivity index (χ2n) is 9.05. The monoisotopic (exact) mass is 542 g/mol. The highest BCUT2D eigenvalue weighted by Gasteiger charge is 2.31. The fourth-order valence-electron chi connectivity index (χ4n) is 4.27. The number of carbonyl (C=O) groups is 2. The largest absolute Gasteiger partial charge is 0.497 e. The number of ether oxygens (including phenoxy) is 2. The zero-order valence-electron chi connectivity index (χ0n) is 22.0. The molecule has 4 rings (SSSR count). The van der Waals surface area contributed by atoms with Crippen LogP contribution in [0.4, 0.5) is 0 Å². The first-order valence-electron chi connectivity index (χ1n) is 12.6. The number of rotatable bonds is 11. The van der Waals surface area contributed by atoms with Crippen LogP contribution in [-0.4, -0.2) is 30.9 Å². The summed E-state index contributed by atoms with van der Waals surface area (Å²) in [5.41, 5.74) is 3.34. The van der Waals surface area contributed by atoms with Crippen molar-refractivity contribution in [2.75, 3.05) is 14.2 Å². The lowest BCUT2D eigenvalue weighted by molar-refractivity contribution is -0.141. The van der Waals surface area contributed by atoms with Gasteiger partial charge in [-0.15, -0.1) is 0 Å². The van der Waals surface area contributed by atoms with E-state index in [0.29, 0.717) is 11.6 Å². The Morgan fingerprint density at radius 1 is 0.744 bits per heavy atom. The zero-order chi connectivity index (χ0) is 27.6. The number of methoxy groups -OCH3 is 2. The third-order valence-electron chi connectivity index (χ3n) is 6.40. The number of carbonyl (C=O) groups excluding carboxylic acids is 2. The molecule has 0 radical (unpaired) electrons. The van der Waals surface area contributed by atoms with Gasteiger partial charge in [0.15, 0.2) is 0 Å². The van der Waals surface area contributed by atoms with Gasteiger partial charge in [0.2, 0.25) is 11.8 Å². The van der Waals surface area contributed by atoms with Crippen molar-refractivity contribution in [3.8, 4) is 11.5 Å². The second kappa shape index (κ2) is 13.5. The number of hydrogen-bond acceptors (Lipinski definition) is 4. The Morgan fingerprint density at radius 2 is 1.28 bits per heavy atom. The van der Waals surface area contributed by atoms with Crippen molar-refractivity contribution in [2.24, 2.45) is 0 Å². The molecule has 0 fully saturated rings. The molecule has 2 amide bonds. The van der Waals surface area contributed by atoms with Crippen LogP contribution in [0.5, 0.6) is 11.5 Å². The van der Waals surface area contributed by atoms with Crippen LogP contribution in [0, 0.1) is 0 Å². The van der Waals surface area contributed by atoms with E-state index >= 15 is 0 Å². The smallest absolute Gasteiger partial charge is 0.247 e. The van der Waals surface area contributed by atoms with Crippen LogP contribution >= 0.6 is 11.6 Å². The summed E-state index contributed by atoms with van der Waals surface area (Å²) in [6.07, 6.45) is 0.127. The van der Waals surface area contributed by atoms with Gasteiger partial charge in [-0.3, -0.25) is 9.59 Å². The van der Waals surface area contributed by atoms with E-state index in [-0.39, 0.29) is 24.8 Å². The number of halogens is 1. The molecule has 0 aromatic heterocycles. The van der Waals surface area contributed by atoms with Gasteiger partial charge in [-0.25, -0.2) is 0 Å². The van der Waals surface area contributed by atoms with Crippen LogP contribution in [0.25, 0.3) is 0 Å². The first-order chi connectivity index (χ1) is 19.0. The molecule has 6 nitrogen and oxygen atoms in total. The Bertz CT molecular complexity index is 1360. The Labute approximate surface area is 234 Å². The summed E-state index contributed by atoms with van der Waals surface area (Å²) in [6.45, 7) is 0.555. The summed E-state index contributed by atoms with van der Waals surface area (Å²) in [6, 6.07) is 30.7. The maximum atomic E-state index is 13.9. The predicted molar refractivity (Wildman–Crippen MR) is 153 cm³/mol. The zero-order valence-corrected chi connectivity index (χ0v) is 22.7. The van der Waals surface area contributed by atoms with Crippen molar-refractivity contribution in [2.45, 2.75) is 25.6 Å². The minimum absolute atomic E-state index is 0.127. The van der Waals surface area contributed by atoms with Crippen LogP contribution < -0.4 is 14.8 Å². The summed E-state index contributed by atoms with van der Waals surface area (Å²) >= 11 is 6.05. The van der Waals surface area contributed by atoms with Crippen LogP contribution in [0.2, 0.25) is 5.02 Å². The van der Waals surface area contributed by atoms with Gasteiger partial charge in [0.05, 0.1) is 20.6 Å². The maximum absolute atomic E-state index is 13.9. The molecule has 0 aliphatic rings. The number of nitrogens with one attached hydrogen (secondary N) is 1. The first kappa shape index (κ1) is 27.7. The van der Waals surface area contributed by atoms with E-state index in [0.717, 1.165) is 33.8 Å². The van der Waals surface area contributed by atoms with E-state index in [1.54, 1.807) is 31.3 Å². The second-order valence-corrected chi connectivity index (χ2v) is 9.49. The van der Waals surface area contributed by atoms with Gasteiger partial charge in [0.1, 0.15) is 17.5 Å². The Morgan fingerprint density at radius 3 is 1.85 bits per heavy atom. The SMILES string of the molecule is COc1ccc(CNC(=O)[C@H](c2ccccc2)N(Cc2ccc(OC)cc2)C(=O)Cc2ccc(Cl)cc2)cc1. The molecule has 39 heavy (non-hydrogen) atoms. The summed E-state index contributed by atoms with van der Waals surface area (Å²) in [4.78, 5) is 29.3. The van der Waals surface area contributed by atoms with Crippen LogP contribution in [0.3, 0.4) is 0 Å². The van der Waals surface area contributed by atoms with E-state index in [1.165, 1.54) is 0 Å². The average molecular weight is 543 g/mol. The first-order valence-corrected chi connectivity index (χ1v) is 13.0. The highest BCUT2D eigenvalue weighted by Crippen LogP contribution is 2.26. The fourth-order valence-corrected chi connectivity index (χ4v) is 4.39. The lowest BCUT2D eigenvalue weighted by atomic mass is 10.0. The quantitative estimate of drug-likeness (QED) is 0.253. The Balaban J connectivity index is 1.65. The summed E-state index contributed by atoms with van der Waals surface area (Å²) < 4.78 is 10.5. The fraction of sp³-hybridized carbons (Fsp3) is 0.188. The standard InChI is InChI=1S/C32H31ClN2O4/c1-38-28-16-10-24(11-17-28)21-34-32(37)31(26-6-4-3-5-7-26)35(22-25-12-18-29(39-2)19-13-25)30(36)20-23-8-14-27(33)15-9-23/h3-19,31H,20-22H2,1-2H3,(H,34,37)/t31-/m0/s1. The predicted octanol–water partition coefficient (Wildman–Crippen LogP) is 5.99. The minimum Gasteiger partial charge on any atom is -0.497 e. The van der Waals surface area contributed by atoms with E-state index in [4.69, 9.17) is 21.1 Å². The molecule has 4 aromatic rings. The van der Waals surface area contributed by atoms with Gasteiger partial charge >= 0.3 is 0 Å². The van der Waals surface area contributed by atoms with Crippen molar-refractivity contribution in [3.63, 3.8) is 0 Å². The molecule has 0 saturated carbocycles.